The molecule has 0 radical (unpaired) electrons. The van der Waals surface area contributed by atoms with Crippen LogP contribution in [0, 0.1) is 0 Å². The Morgan fingerprint density at radius 2 is 1.86 bits per heavy atom. The quantitative estimate of drug-likeness (QED) is 0.942. The first-order valence-electron chi connectivity index (χ1n) is 7.35. The molecule has 114 valence electrons. The molecule has 0 spiro atoms. The molecule has 1 aliphatic rings. The first kappa shape index (κ1) is 16.0. The molecule has 0 unspecified atom stereocenters. The van der Waals surface area contributed by atoms with E-state index in [0.717, 1.165) is 25.3 Å². The standard InChI is InChI=1S/C16H22N4.ClH/c1-17-14-8-11-19(12-9-14)13-16-7-10-18-20(16)15-5-3-2-4-6-15;/h2-7,10,14,17H,8-9,11-13H2,1H3;1H. The van der Waals surface area contributed by atoms with E-state index in [2.05, 4.69) is 52.7 Å². The predicted molar refractivity (Wildman–Crippen MR) is 88.2 cm³/mol. The molecule has 2 heterocycles. The van der Waals surface area contributed by atoms with Crippen molar-refractivity contribution in [2.24, 2.45) is 0 Å². The summed E-state index contributed by atoms with van der Waals surface area (Å²) in [7, 11) is 2.06. The summed E-state index contributed by atoms with van der Waals surface area (Å²) in [6.07, 6.45) is 4.36. The molecule has 1 fully saturated rings. The highest BCUT2D eigenvalue weighted by Gasteiger charge is 2.18. The molecule has 3 rings (SSSR count). The lowest BCUT2D eigenvalue weighted by Gasteiger charge is -2.31. The summed E-state index contributed by atoms with van der Waals surface area (Å²) < 4.78 is 2.05. The first-order chi connectivity index (χ1) is 9.86. The molecular formula is C16H23ClN4. The Morgan fingerprint density at radius 3 is 2.52 bits per heavy atom. The number of piperidine rings is 1. The van der Waals surface area contributed by atoms with Crippen molar-refractivity contribution in [2.45, 2.75) is 25.4 Å². The van der Waals surface area contributed by atoms with Gasteiger partial charge in [0.2, 0.25) is 0 Å². The Bertz CT molecular complexity index is 532. The SMILES string of the molecule is CNC1CCN(Cc2ccnn2-c2ccccc2)CC1.Cl. The van der Waals surface area contributed by atoms with Crippen LogP contribution in [-0.4, -0.2) is 40.9 Å². The number of halogens is 1. The van der Waals surface area contributed by atoms with Crippen LogP contribution < -0.4 is 5.32 Å². The van der Waals surface area contributed by atoms with Gasteiger partial charge in [-0.05, 0) is 38.1 Å². The molecular weight excluding hydrogens is 284 g/mol. The van der Waals surface area contributed by atoms with Gasteiger partial charge in [0, 0.05) is 31.9 Å². The minimum absolute atomic E-state index is 0. The van der Waals surface area contributed by atoms with Crippen molar-refractivity contribution in [2.75, 3.05) is 20.1 Å². The average Bonchev–Trinajstić information content (AvgIpc) is 2.97. The van der Waals surface area contributed by atoms with Gasteiger partial charge in [0.1, 0.15) is 0 Å². The number of rotatable bonds is 4. The normalized spacial score (nSPS) is 16.6. The number of nitrogens with zero attached hydrogens (tertiary/aromatic N) is 3. The molecule has 1 aliphatic heterocycles. The number of likely N-dealkylation sites (tertiary alicyclic amines) is 1. The van der Waals surface area contributed by atoms with Gasteiger partial charge >= 0.3 is 0 Å². The topological polar surface area (TPSA) is 33.1 Å². The van der Waals surface area contributed by atoms with E-state index in [1.807, 2.05) is 16.9 Å². The van der Waals surface area contributed by atoms with Gasteiger partial charge in [0.25, 0.3) is 0 Å². The number of hydrogen-bond donors (Lipinski definition) is 1. The fourth-order valence-electron chi connectivity index (χ4n) is 2.86. The number of nitrogens with one attached hydrogen (secondary N) is 1. The van der Waals surface area contributed by atoms with Gasteiger partial charge in [0.15, 0.2) is 0 Å². The van der Waals surface area contributed by atoms with E-state index in [1.54, 1.807) is 0 Å². The molecule has 0 amide bonds. The van der Waals surface area contributed by atoms with Crippen LogP contribution in [0.1, 0.15) is 18.5 Å². The van der Waals surface area contributed by atoms with Gasteiger partial charge in [-0.3, -0.25) is 4.90 Å². The third-order valence-corrected chi connectivity index (χ3v) is 4.10. The van der Waals surface area contributed by atoms with Gasteiger partial charge in [-0.25, -0.2) is 4.68 Å². The fraction of sp³-hybridized carbons (Fsp3) is 0.438. The van der Waals surface area contributed by atoms with Gasteiger partial charge < -0.3 is 5.32 Å². The van der Waals surface area contributed by atoms with Crippen LogP contribution in [0.4, 0.5) is 0 Å². The summed E-state index contributed by atoms with van der Waals surface area (Å²) in [5.41, 5.74) is 2.40. The molecule has 1 aromatic carbocycles. The summed E-state index contributed by atoms with van der Waals surface area (Å²) in [5.74, 6) is 0. The van der Waals surface area contributed by atoms with Gasteiger partial charge in [-0.1, -0.05) is 18.2 Å². The molecule has 0 bridgehead atoms. The number of hydrogen-bond acceptors (Lipinski definition) is 3. The van der Waals surface area contributed by atoms with Gasteiger partial charge in [0.05, 0.1) is 11.4 Å². The minimum Gasteiger partial charge on any atom is -0.317 e. The molecule has 21 heavy (non-hydrogen) atoms. The molecule has 0 saturated carbocycles. The van der Waals surface area contributed by atoms with Crippen molar-refractivity contribution in [1.29, 1.82) is 0 Å². The summed E-state index contributed by atoms with van der Waals surface area (Å²) in [6.45, 7) is 3.29. The smallest absolute Gasteiger partial charge is 0.0649 e. The summed E-state index contributed by atoms with van der Waals surface area (Å²) in [4.78, 5) is 2.52. The number of benzene rings is 1. The fourth-order valence-corrected chi connectivity index (χ4v) is 2.86. The van der Waals surface area contributed by atoms with Crippen LogP contribution in [0.3, 0.4) is 0 Å². The molecule has 1 saturated heterocycles. The van der Waals surface area contributed by atoms with Gasteiger partial charge in [-0.15, -0.1) is 12.4 Å². The lowest BCUT2D eigenvalue weighted by atomic mass is 10.1. The molecule has 4 nitrogen and oxygen atoms in total. The monoisotopic (exact) mass is 306 g/mol. The van der Waals surface area contributed by atoms with Crippen LogP contribution in [0.15, 0.2) is 42.6 Å². The Morgan fingerprint density at radius 1 is 1.14 bits per heavy atom. The van der Waals surface area contributed by atoms with Crippen molar-refractivity contribution in [3.8, 4) is 5.69 Å². The number of para-hydroxylation sites is 1. The predicted octanol–water partition coefficient (Wildman–Crippen LogP) is 2.48. The summed E-state index contributed by atoms with van der Waals surface area (Å²) in [5, 5.41) is 7.84. The lowest BCUT2D eigenvalue weighted by molar-refractivity contribution is 0.191. The van der Waals surface area contributed by atoms with Gasteiger partial charge in [-0.2, -0.15) is 5.10 Å². The highest BCUT2D eigenvalue weighted by atomic mass is 35.5. The zero-order valence-electron chi connectivity index (χ0n) is 12.4. The Kier molecular flexibility index (Phi) is 5.79. The maximum absolute atomic E-state index is 4.46. The van der Waals surface area contributed by atoms with Crippen molar-refractivity contribution < 1.29 is 0 Å². The molecule has 0 atom stereocenters. The van der Waals surface area contributed by atoms with E-state index in [0.29, 0.717) is 6.04 Å². The van der Waals surface area contributed by atoms with E-state index >= 15 is 0 Å². The van der Waals surface area contributed by atoms with Crippen molar-refractivity contribution in [1.82, 2.24) is 20.0 Å². The zero-order valence-corrected chi connectivity index (χ0v) is 13.2. The van der Waals surface area contributed by atoms with Crippen LogP contribution in [0.25, 0.3) is 5.69 Å². The van der Waals surface area contributed by atoms with E-state index in [4.69, 9.17) is 0 Å². The molecule has 1 N–H and O–H groups in total. The Hall–Kier alpha value is -1.36. The number of aromatic nitrogens is 2. The minimum atomic E-state index is 0. The van der Waals surface area contributed by atoms with Crippen LogP contribution in [0.2, 0.25) is 0 Å². The van der Waals surface area contributed by atoms with Crippen LogP contribution >= 0.6 is 12.4 Å². The average molecular weight is 307 g/mol. The maximum Gasteiger partial charge on any atom is 0.0649 e. The van der Waals surface area contributed by atoms with E-state index in [-0.39, 0.29) is 12.4 Å². The highest BCUT2D eigenvalue weighted by Crippen LogP contribution is 2.16. The van der Waals surface area contributed by atoms with Crippen molar-refractivity contribution >= 4 is 12.4 Å². The molecule has 0 aliphatic carbocycles. The second-order valence-electron chi connectivity index (χ2n) is 5.41. The zero-order chi connectivity index (χ0) is 13.8. The highest BCUT2D eigenvalue weighted by molar-refractivity contribution is 5.85. The first-order valence-corrected chi connectivity index (χ1v) is 7.35. The van der Waals surface area contributed by atoms with E-state index in [1.165, 1.54) is 18.5 Å². The Labute approximate surface area is 132 Å². The molecule has 2 aromatic rings. The van der Waals surface area contributed by atoms with E-state index < -0.39 is 0 Å². The third-order valence-electron chi connectivity index (χ3n) is 4.10. The van der Waals surface area contributed by atoms with Crippen LogP contribution in [0.5, 0.6) is 0 Å². The van der Waals surface area contributed by atoms with Crippen molar-refractivity contribution in [3.05, 3.63) is 48.3 Å². The van der Waals surface area contributed by atoms with Crippen molar-refractivity contribution in [3.63, 3.8) is 0 Å². The second kappa shape index (κ2) is 7.59. The third kappa shape index (κ3) is 3.84. The largest absolute Gasteiger partial charge is 0.317 e. The maximum atomic E-state index is 4.46. The summed E-state index contributed by atoms with van der Waals surface area (Å²) in [6, 6.07) is 13.2. The summed E-state index contributed by atoms with van der Waals surface area (Å²) >= 11 is 0. The molecule has 5 heteroatoms. The van der Waals surface area contributed by atoms with Crippen LogP contribution in [-0.2, 0) is 6.54 Å². The molecule has 1 aromatic heterocycles. The van der Waals surface area contributed by atoms with E-state index in [9.17, 15) is 0 Å². The second-order valence-corrected chi connectivity index (χ2v) is 5.41. The lowest BCUT2D eigenvalue weighted by Crippen LogP contribution is -2.41. The Balaban J connectivity index is 0.00000161.